The summed E-state index contributed by atoms with van der Waals surface area (Å²) in [6.45, 7) is 0.0925. The fourth-order valence-electron chi connectivity index (χ4n) is 2.60. The number of para-hydroxylation sites is 1. The number of benzene rings is 2. The van der Waals surface area contributed by atoms with Crippen molar-refractivity contribution >= 4 is 38.4 Å². The molecule has 1 aromatic heterocycles. The molecule has 0 bridgehead atoms. The van der Waals surface area contributed by atoms with E-state index in [1.807, 2.05) is 0 Å². The van der Waals surface area contributed by atoms with E-state index >= 15 is 0 Å². The highest BCUT2D eigenvalue weighted by molar-refractivity contribution is 9.10. The lowest BCUT2D eigenvalue weighted by molar-refractivity contribution is -0.116. The highest BCUT2D eigenvalue weighted by Crippen LogP contribution is 2.19. The number of carbonyl (C=O) groups excluding carboxylic acids is 1. The predicted molar refractivity (Wildman–Crippen MR) is 101 cm³/mol. The van der Waals surface area contributed by atoms with Crippen molar-refractivity contribution in [2.75, 3.05) is 5.32 Å². The molecule has 3 aromatic rings. The Balaban J connectivity index is 1.66. The number of carbonyl (C=O) groups is 1. The minimum Gasteiger partial charge on any atom is -0.324 e. The van der Waals surface area contributed by atoms with E-state index in [1.54, 1.807) is 30.3 Å². The van der Waals surface area contributed by atoms with Crippen molar-refractivity contribution in [2.45, 2.75) is 19.4 Å². The molecule has 3 rings (SSSR count). The number of fused-ring (bicyclic) bond motifs is 1. The Morgan fingerprint density at radius 2 is 1.96 bits per heavy atom. The van der Waals surface area contributed by atoms with Crippen LogP contribution in [0.3, 0.4) is 0 Å². The monoisotopic (exact) mass is 419 g/mol. The van der Waals surface area contributed by atoms with Gasteiger partial charge >= 0.3 is 5.69 Å². The highest BCUT2D eigenvalue weighted by atomic mass is 79.9. The van der Waals surface area contributed by atoms with Gasteiger partial charge in [0.2, 0.25) is 5.91 Å². The molecular weight excluding hydrogens is 405 g/mol. The molecule has 0 aliphatic rings. The normalized spacial score (nSPS) is 10.8. The summed E-state index contributed by atoms with van der Waals surface area (Å²) in [5.74, 6) is -0.939. The maximum atomic E-state index is 13.7. The summed E-state index contributed by atoms with van der Waals surface area (Å²) in [6.07, 6.45) is 0.319. The molecular formula is C18H15BrFN3O3. The molecule has 134 valence electrons. The van der Waals surface area contributed by atoms with Crippen molar-refractivity contribution in [3.05, 3.63) is 73.6 Å². The van der Waals surface area contributed by atoms with Crippen LogP contribution in [0.15, 0.2) is 56.5 Å². The van der Waals surface area contributed by atoms with Gasteiger partial charge in [0.15, 0.2) is 0 Å². The molecule has 0 aliphatic heterocycles. The molecule has 26 heavy (non-hydrogen) atoms. The Kier molecular flexibility index (Phi) is 5.32. The molecule has 0 aliphatic carbocycles. The molecule has 0 spiro atoms. The Labute approximate surface area is 155 Å². The van der Waals surface area contributed by atoms with Crippen molar-refractivity contribution in [1.29, 1.82) is 0 Å². The molecule has 1 amide bonds. The zero-order valence-corrected chi connectivity index (χ0v) is 15.2. The first-order valence-electron chi connectivity index (χ1n) is 7.92. The molecule has 0 fully saturated rings. The zero-order chi connectivity index (χ0) is 18.7. The van der Waals surface area contributed by atoms with Gasteiger partial charge in [-0.25, -0.2) is 9.18 Å². The first-order valence-corrected chi connectivity index (χ1v) is 8.72. The van der Waals surface area contributed by atoms with E-state index in [9.17, 15) is 18.8 Å². The lowest BCUT2D eigenvalue weighted by atomic mass is 10.2. The maximum absolute atomic E-state index is 13.7. The molecule has 0 atom stereocenters. The summed E-state index contributed by atoms with van der Waals surface area (Å²) in [6, 6.07) is 11.1. The van der Waals surface area contributed by atoms with Crippen molar-refractivity contribution < 1.29 is 9.18 Å². The maximum Gasteiger partial charge on any atom is 0.328 e. The number of aromatic nitrogens is 2. The number of halogens is 2. The fraction of sp³-hybridized carbons (Fsp3) is 0.167. The van der Waals surface area contributed by atoms with Crippen LogP contribution in [0.25, 0.3) is 10.9 Å². The van der Waals surface area contributed by atoms with E-state index in [2.05, 4.69) is 26.2 Å². The second kappa shape index (κ2) is 7.65. The van der Waals surface area contributed by atoms with Gasteiger partial charge < -0.3 is 10.3 Å². The number of H-pyrrole nitrogens is 1. The van der Waals surface area contributed by atoms with Crippen molar-refractivity contribution in [2.24, 2.45) is 0 Å². The van der Waals surface area contributed by atoms with Gasteiger partial charge in [0.25, 0.3) is 5.56 Å². The van der Waals surface area contributed by atoms with E-state index in [0.29, 0.717) is 15.4 Å². The third-order valence-electron chi connectivity index (χ3n) is 3.88. The van der Waals surface area contributed by atoms with Crippen molar-refractivity contribution in [1.82, 2.24) is 9.55 Å². The molecule has 0 saturated heterocycles. The number of nitrogens with one attached hydrogen (secondary N) is 2. The number of nitrogens with zero attached hydrogens (tertiary/aromatic N) is 1. The van der Waals surface area contributed by atoms with Crippen LogP contribution in [0, 0.1) is 5.82 Å². The summed E-state index contributed by atoms with van der Waals surface area (Å²) in [5.41, 5.74) is -0.363. The van der Waals surface area contributed by atoms with Gasteiger partial charge in [0, 0.05) is 17.4 Å². The van der Waals surface area contributed by atoms with Crippen molar-refractivity contribution in [3.63, 3.8) is 0 Å². The second-order valence-electron chi connectivity index (χ2n) is 5.71. The number of rotatable bonds is 5. The summed E-state index contributed by atoms with van der Waals surface area (Å²) in [4.78, 5) is 39.0. The fourth-order valence-corrected chi connectivity index (χ4v) is 2.94. The van der Waals surface area contributed by atoms with E-state index in [-0.39, 0.29) is 25.1 Å². The average Bonchev–Trinajstić information content (AvgIpc) is 2.60. The smallest absolute Gasteiger partial charge is 0.324 e. The predicted octanol–water partition coefficient (Wildman–Crippen LogP) is 3.01. The third kappa shape index (κ3) is 3.91. The summed E-state index contributed by atoms with van der Waals surface area (Å²) in [7, 11) is 0. The van der Waals surface area contributed by atoms with Crippen LogP contribution >= 0.6 is 15.9 Å². The van der Waals surface area contributed by atoms with Crippen molar-refractivity contribution in [3.8, 4) is 0 Å². The number of aromatic amines is 1. The SMILES string of the molecule is O=C(CCCn1c(=O)[nH]c2ccccc2c1=O)Nc1ccc(Br)cc1F. The highest BCUT2D eigenvalue weighted by Gasteiger charge is 2.10. The molecule has 0 radical (unpaired) electrons. The largest absolute Gasteiger partial charge is 0.328 e. The van der Waals surface area contributed by atoms with Crippen LogP contribution in [-0.2, 0) is 11.3 Å². The minimum atomic E-state index is -0.546. The van der Waals surface area contributed by atoms with Gasteiger partial charge in [-0.15, -0.1) is 0 Å². The molecule has 6 nitrogen and oxygen atoms in total. The van der Waals surface area contributed by atoms with Gasteiger partial charge in [0.1, 0.15) is 5.82 Å². The summed E-state index contributed by atoms with van der Waals surface area (Å²) >= 11 is 3.14. The first kappa shape index (κ1) is 18.1. The molecule has 2 aromatic carbocycles. The molecule has 0 saturated carbocycles. The van der Waals surface area contributed by atoms with Crippen LogP contribution in [-0.4, -0.2) is 15.5 Å². The quantitative estimate of drug-likeness (QED) is 0.666. The van der Waals surface area contributed by atoms with Crippen LogP contribution in [0.1, 0.15) is 12.8 Å². The lowest BCUT2D eigenvalue weighted by Gasteiger charge is -2.08. The van der Waals surface area contributed by atoms with Gasteiger partial charge in [-0.05, 0) is 36.8 Å². The lowest BCUT2D eigenvalue weighted by Crippen LogP contribution is -2.35. The van der Waals surface area contributed by atoms with E-state index in [0.717, 1.165) is 4.57 Å². The molecule has 1 heterocycles. The van der Waals surface area contributed by atoms with Crippen LogP contribution < -0.4 is 16.6 Å². The van der Waals surface area contributed by atoms with E-state index in [4.69, 9.17) is 0 Å². The standard InChI is InChI=1S/C18H15BrFN3O3/c19-11-7-8-15(13(20)10-11)21-16(24)6-3-9-23-17(25)12-4-1-2-5-14(12)22-18(23)26/h1-2,4-5,7-8,10H,3,6,9H2,(H,21,24)(H,22,26). The third-order valence-corrected chi connectivity index (χ3v) is 4.37. The zero-order valence-electron chi connectivity index (χ0n) is 13.6. The van der Waals surface area contributed by atoms with Gasteiger partial charge in [-0.2, -0.15) is 0 Å². The topological polar surface area (TPSA) is 84.0 Å². The Morgan fingerprint density at radius 1 is 1.19 bits per heavy atom. The number of amides is 1. The van der Waals surface area contributed by atoms with Crippen LogP contribution in [0.5, 0.6) is 0 Å². The Morgan fingerprint density at radius 3 is 2.73 bits per heavy atom. The number of hydrogen-bond donors (Lipinski definition) is 2. The number of anilines is 1. The van der Waals surface area contributed by atoms with E-state index in [1.165, 1.54) is 12.1 Å². The molecule has 8 heteroatoms. The number of hydrogen-bond acceptors (Lipinski definition) is 3. The Bertz CT molecular complexity index is 1090. The minimum absolute atomic E-state index is 0.0498. The van der Waals surface area contributed by atoms with Gasteiger partial charge in [-0.1, -0.05) is 28.1 Å². The summed E-state index contributed by atoms with van der Waals surface area (Å²) < 4.78 is 15.4. The van der Waals surface area contributed by atoms with Crippen LogP contribution in [0.4, 0.5) is 10.1 Å². The Hall–Kier alpha value is -2.74. The van der Waals surface area contributed by atoms with Crippen LogP contribution in [0.2, 0.25) is 0 Å². The molecule has 0 unspecified atom stereocenters. The average molecular weight is 420 g/mol. The molecule has 2 N–H and O–H groups in total. The summed E-state index contributed by atoms with van der Waals surface area (Å²) in [5, 5.41) is 2.89. The second-order valence-corrected chi connectivity index (χ2v) is 6.62. The van der Waals surface area contributed by atoms with E-state index < -0.39 is 23.0 Å². The first-order chi connectivity index (χ1) is 12.5. The van der Waals surface area contributed by atoms with Gasteiger partial charge in [0.05, 0.1) is 16.6 Å². The van der Waals surface area contributed by atoms with Gasteiger partial charge in [-0.3, -0.25) is 14.2 Å².